The van der Waals surface area contributed by atoms with Crippen molar-refractivity contribution in [1.29, 1.82) is 0 Å². The molecule has 6 nitrogen and oxygen atoms in total. The number of aromatic nitrogens is 2. The fourth-order valence-corrected chi connectivity index (χ4v) is 4.33. The summed E-state index contributed by atoms with van der Waals surface area (Å²) in [6, 6.07) is 14.0. The maximum atomic E-state index is 10.5. The summed E-state index contributed by atoms with van der Waals surface area (Å²) >= 11 is 0. The third-order valence-corrected chi connectivity index (χ3v) is 5.98. The van der Waals surface area contributed by atoms with Gasteiger partial charge in [-0.25, -0.2) is 0 Å². The maximum absolute atomic E-state index is 10.5. The first-order valence-electron chi connectivity index (χ1n) is 10.6. The number of aliphatic hydroxyl groups excluding tert-OH is 1. The van der Waals surface area contributed by atoms with Crippen molar-refractivity contribution < 1.29 is 14.6 Å². The van der Waals surface area contributed by atoms with Gasteiger partial charge >= 0.3 is 0 Å². The Bertz CT molecular complexity index is 1220. The van der Waals surface area contributed by atoms with Crippen molar-refractivity contribution in [2.45, 2.75) is 12.5 Å². The largest absolute Gasteiger partial charge is 0.497 e. The lowest BCUT2D eigenvalue weighted by Crippen LogP contribution is -2.38. The average molecular weight is 418 g/mol. The fourth-order valence-electron chi connectivity index (χ4n) is 4.33. The molecule has 0 saturated heterocycles. The van der Waals surface area contributed by atoms with Crippen LogP contribution < -0.4 is 9.47 Å². The van der Waals surface area contributed by atoms with E-state index in [1.807, 2.05) is 36.5 Å². The van der Waals surface area contributed by atoms with Crippen LogP contribution in [0.25, 0.3) is 27.4 Å². The van der Waals surface area contributed by atoms with Crippen molar-refractivity contribution in [3.63, 3.8) is 0 Å². The van der Waals surface area contributed by atoms with Crippen molar-refractivity contribution in [2.75, 3.05) is 33.4 Å². The van der Waals surface area contributed by atoms with Crippen LogP contribution in [-0.4, -0.2) is 59.4 Å². The van der Waals surface area contributed by atoms with Gasteiger partial charge in [-0.05, 0) is 48.4 Å². The molecule has 0 aliphatic carbocycles. The third-order valence-electron chi connectivity index (χ3n) is 5.98. The molecule has 1 atom stereocenters. The van der Waals surface area contributed by atoms with E-state index in [2.05, 4.69) is 39.3 Å². The number of hydrogen-bond acceptors (Lipinski definition) is 4. The Labute approximate surface area is 181 Å². The molecule has 0 saturated carbocycles. The summed E-state index contributed by atoms with van der Waals surface area (Å²) in [5, 5.41) is 12.7. The molecule has 1 aliphatic rings. The van der Waals surface area contributed by atoms with Gasteiger partial charge in [0.25, 0.3) is 0 Å². The molecule has 5 rings (SSSR count). The number of nitrogens with one attached hydrogen (secondary N) is 2. The SMILES string of the molecule is COc1ccc2[nH]cc(C3=CCN(CC(O)COc4cccc5[nH]ccc45)CC3)c2c1. The Hall–Kier alpha value is -3.22. The van der Waals surface area contributed by atoms with Crippen molar-refractivity contribution in [1.82, 2.24) is 14.9 Å². The highest BCUT2D eigenvalue weighted by Gasteiger charge is 2.19. The second kappa shape index (κ2) is 8.49. The van der Waals surface area contributed by atoms with E-state index >= 15 is 0 Å². The van der Waals surface area contributed by atoms with Crippen LogP contribution in [-0.2, 0) is 0 Å². The lowest BCUT2D eigenvalue weighted by molar-refractivity contribution is 0.0722. The Balaban J connectivity index is 1.20. The van der Waals surface area contributed by atoms with E-state index < -0.39 is 6.10 Å². The second-order valence-corrected chi connectivity index (χ2v) is 8.01. The minimum atomic E-state index is -0.540. The fraction of sp³-hybridized carbons (Fsp3) is 0.280. The normalized spacial score (nSPS) is 15.9. The zero-order chi connectivity index (χ0) is 21.2. The molecule has 0 fully saturated rings. The Morgan fingerprint density at radius 2 is 2.00 bits per heavy atom. The molecule has 2 aromatic carbocycles. The second-order valence-electron chi connectivity index (χ2n) is 8.01. The number of benzene rings is 2. The first kappa shape index (κ1) is 19.7. The highest BCUT2D eigenvalue weighted by molar-refractivity contribution is 5.93. The molecule has 0 amide bonds. The lowest BCUT2D eigenvalue weighted by Gasteiger charge is -2.28. The number of β-amino-alcohol motifs (C(OH)–C–C–N with tert-alkyl or cyclic N) is 1. The zero-order valence-electron chi connectivity index (χ0n) is 17.6. The van der Waals surface area contributed by atoms with E-state index in [4.69, 9.17) is 9.47 Å². The molecule has 4 aromatic rings. The number of hydrogen-bond donors (Lipinski definition) is 3. The van der Waals surface area contributed by atoms with Crippen LogP contribution in [0.15, 0.2) is 60.9 Å². The quantitative estimate of drug-likeness (QED) is 0.422. The van der Waals surface area contributed by atoms with E-state index in [1.54, 1.807) is 7.11 Å². The monoisotopic (exact) mass is 417 g/mol. The van der Waals surface area contributed by atoms with Crippen LogP contribution >= 0.6 is 0 Å². The Morgan fingerprint density at radius 1 is 1.10 bits per heavy atom. The van der Waals surface area contributed by atoms with Gasteiger partial charge in [-0.3, -0.25) is 4.90 Å². The summed E-state index contributed by atoms with van der Waals surface area (Å²) < 4.78 is 11.3. The molecular weight excluding hydrogens is 390 g/mol. The minimum absolute atomic E-state index is 0.277. The van der Waals surface area contributed by atoms with Gasteiger partial charge in [0.05, 0.1) is 7.11 Å². The molecule has 2 aromatic heterocycles. The first-order chi connectivity index (χ1) is 15.2. The van der Waals surface area contributed by atoms with Gasteiger partial charge in [0, 0.05) is 59.4 Å². The number of fused-ring (bicyclic) bond motifs is 2. The van der Waals surface area contributed by atoms with Gasteiger partial charge in [0.15, 0.2) is 0 Å². The van der Waals surface area contributed by atoms with E-state index in [-0.39, 0.29) is 6.61 Å². The van der Waals surface area contributed by atoms with Gasteiger partial charge in [-0.2, -0.15) is 0 Å². The predicted octanol–water partition coefficient (Wildman–Crippen LogP) is 4.19. The van der Waals surface area contributed by atoms with Gasteiger partial charge < -0.3 is 24.5 Å². The summed E-state index contributed by atoms with van der Waals surface area (Å²) in [6.07, 6.45) is 6.65. The number of nitrogens with zero attached hydrogens (tertiary/aromatic N) is 1. The molecule has 3 heterocycles. The van der Waals surface area contributed by atoms with Crippen molar-refractivity contribution in [3.8, 4) is 11.5 Å². The highest BCUT2D eigenvalue weighted by atomic mass is 16.5. The molecule has 6 heteroatoms. The Kier molecular flexibility index (Phi) is 5.40. The van der Waals surface area contributed by atoms with E-state index in [9.17, 15) is 5.11 Å². The Morgan fingerprint density at radius 3 is 2.84 bits per heavy atom. The summed E-state index contributed by atoms with van der Waals surface area (Å²) in [6.45, 7) is 2.59. The molecule has 160 valence electrons. The predicted molar refractivity (Wildman–Crippen MR) is 124 cm³/mol. The maximum Gasteiger partial charge on any atom is 0.128 e. The summed E-state index contributed by atoms with van der Waals surface area (Å²) in [5.41, 5.74) is 4.72. The van der Waals surface area contributed by atoms with Crippen molar-refractivity contribution in [2.24, 2.45) is 0 Å². The number of methoxy groups -OCH3 is 1. The number of H-pyrrole nitrogens is 2. The molecule has 1 unspecified atom stereocenters. The van der Waals surface area contributed by atoms with Gasteiger partial charge in [0.1, 0.15) is 24.2 Å². The summed E-state index contributed by atoms with van der Waals surface area (Å²) in [4.78, 5) is 8.80. The van der Waals surface area contributed by atoms with E-state index in [1.165, 1.54) is 16.5 Å². The van der Waals surface area contributed by atoms with E-state index in [0.717, 1.165) is 47.4 Å². The van der Waals surface area contributed by atoms with Crippen molar-refractivity contribution >= 4 is 27.4 Å². The molecule has 0 radical (unpaired) electrons. The topological polar surface area (TPSA) is 73.5 Å². The van der Waals surface area contributed by atoms with Crippen LogP contribution in [0.4, 0.5) is 0 Å². The van der Waals surface area contributed by atoms with Gasteiger partial charge in [-0.15, -0.1) is 0 Å². The van der Waals surface area contributed by atoms with Crippen molar-refractivity contribution in [3.05, 3.63) is 66.5 Å². The summed E-state index contributed by atoms with van der Waals surface area (Å²) in [7, 11) is 1.69. The standard InChI is InChI=1S/C25H27N3O3/c1-30-19-5-6-24-21(13-19)22(14-27-24)17-8-11-28(12-9-17)15-18(29)16-31-25-4-2-3-23-20(25)7-10-26-23/h2-8,10,13-14,18,26-27,29H,9,11-12,15-16H2,1H3. The molecule has 0 spiro atoms. The number of aromatic amines is 2. The highest BCUT2D eigenvalue weighted by Crippen LogP contribution is 2.31. The van der Waals surface area contributed by atoms with Crippen LogP contribution in [0.3, 0.4) is 0 Å². The molecular formula is C25H27N3O3. The first-order valence-corrected chi connectivity index (χ1v) is 10.6. The van der Waals surface area contributed by atoms with Gasteiger partial charge in [0.2, 0.25) is 0 Å². The smallest absolute Gasteiger partial charge is 0.128 e. The van der Waals surface area contributed by atoms with Crippen LogP contribution in [0.5, 0.6) is 11.5 Å². The zero-order valence-corrected chi connectivity index (χ0v) is 17.6. The number of rotatable bonds is 7. The molecule has 1 aliphatic heterocycles. The van der Waals surface area contributed by atoms with Crippen LogP contribution in [0, 0.1) is 0 Å². The summed E-state index contributed by atoms with van der Waals surface area (Å²) in [5.74, 6) is 1.67. The van der Waals surface area contributed by atoms with Crippen LogP contribution in [0.2, 0.25) is 0 Å². The average Bonchev–Trinajstić information content (AvgIpc) is 3.45. The van der Waals surface area contributed by atoms with Gasteiger partial charge in [-0.1, -0.05) is 12.1 Å². The number of aliphatic hydroxyl groups is 1. The molecule has 31 heavy (non-hydrogen) atoms. The van der Waals surface area contributed by atoms with E-state index in [0.29, 0.717) is 6.54 Å². The number of ether oxygens (including phenoxy) is 2. The molecule has 0 bridgehead atoms. The minimum Gasteiger partial charge on any atom is -0.497 e. The lowest BCUT2D eigenvalue weighted by atomic mass is 9.98. The van der Waals surface area contributed by atoms with Crippen LogP contribution in [0.1, 0.15) is 12.0 Å². The third kappa shape index (κ3) is 4.04. The molecule has 3 N–H and O–H groups in total.